The fraction of sp³-hybridized carbons (Fsp3) is 0.448. The molecule has 3 heterocycles. The second-order valence-corrected chi connectivity index (χ2v) is 11.6. The molecule has 0 aromatic carbocycles. The van der Waals surface area contributed by atoms with Crippen molar-refractivity contribution in [3.63, 3.8) is 0 Å². The number of aromatic carboxylic acids is 1. The van der Waals surface area contributed by atoms with E-state index >= 15 is 0 Å². The molecule has 0 spiro atoms. The molecule has 3 aromatic heterocycles. The minimum absolute atomic E-state index is 0.0376. The molecule has 38 heavy (non-hydrogen) atoms. The molecule has 1 N–H and O–H groups in total. The molecular weight excluding hydrogens is 525 g/mol. The number of carboxylic acids is 1. The van der Waals surface area contributed by atoms with Crippen LogP contribution >= 0.6 is 23.2 Å². The molecule has 0 saturated heterocycles. The highest BCUT2D eigenvalue weighted by atomic mass is 35.5. The van der Waals surface area contributed by atoms with Crippen LogP contribution in [0, 0.1) is 24.2 Å². The summed E-state index contributed by atoms with van der Waals surface area (Å²) in [6, 6.07) is 1.80. The van der Waals surface area contributed by atoms with Gasteiger partial charge in [0.25, 0.3) is 0 Å². The predicted octanol–water partition coefficient (Wildman–Crippen LogP) is 6.98. The molecule has 0 radical (unpaired) electrons. The molecule has 4 saturated carbocycles. The van der Waals surface area contributed by atoms with Crippen LogP contribution in [0.4, 0.5) is 0 Å². The minimum Gasteiger partial charge on any atom is -0.477 e. The lowest BCUT2D eigenvalue weighted by Gasteiger charge is -2.51. The van der Waals surface area contributed by atoms with Gasteiger partial charge in [0, 0.05) is 46.6 Å². The van der Waals surface area contributed by atoms with E-state index in [0.29, 0.717) is 39.4 Å². The molecule has 0 amide bonds. The molecule has 0 atom stereocenters. The van der Waals surface area contributed by atoms with E-state index in [1.165, 1.54) is 0 Å². The Morgan fingerprint density at radius 2 is 1.82 bits per heavy atom. The molecule has 2 bridgehead atoms. The van der Waals surface area contributed by atoms with Crippen LogP contribution in [0.25, 0.3) is 11.3 Å². The fourth-order valence-electron chi connectivity index (χ4n) is 5.81. The normalized spacial score (nSPS) is 24.2. The average molecular weight is 552 g/mol. The number of carboxylic acid groups (broad SMARTS) is 1. The molecule has 4 fully saturated rings. The van der Waals surface area contributed by atoms with E-state index in [4.69, 9.17) is 32.5 Å². The lowest BCUT2D eigenvalue weighted by molar-refractivity contribution is -0.131. The number of pyridine rings is 2. The van der Waals surface area contributed by atoms with Crippen molar-refractivity contribution in [1.29, 1.82) is 0 Å². The Labute approximate surface area is 230 Å². The number of aromatic nitrogens is 3. The Kier molecular flexibility index (Phi) is 6.46. The number of halogens is 2. The Morgan fingerprint density at radius 1 is 1.13 bits per heavy atom. The Balaban J connectivity index is 1.18. The van der Waals surface area contributed by atoms with Gasteiger partial charge in [0.2, 0.25) is 0 Å². The standard InChI is InChI=1S/C29H27Cl2N3O4/c1-17-12-18(13-33-24(17)27(35)36)4-5-28-6-9-29(10-7-28,11-8-28)37-16-20-25(34-38-26(20)19-2-3-19)23-21(30)14-32-15-22(23)31/h12-15,19H,2-3,6-11,16H2,1H3,(H,35,36). The Bertz CT molecular complexity index is 1440. The van der Waals surface area contributed by atoms with Crippen molar-refractivity contribution >= 4 is 29.2 Å². The number of ether oxygens (including phenoxy) is 1. The van der Waals surface area contributed by atoms with Crippen molar-refractivity contribution < 1.29 is 19.2 Å². The van der Waals surface area contributed by atoms with E-state index in [1.54, 1.807) is 31.6 Å². The Hall–Kier alpha value is -2.92. The third-order valence-electron chi connectivity index (χ3n) is 8.31. The Morgan fingerprint density at radius 3 is 2.42 bits per heavy atom. The maximum absolute atomic E-state index is 11.2. The number of fused-ring (bicyclic) bond motifs is 3. The molecule has 4 aliphatic rings. The number of hydrogen-bond donors (Lipinski definition) is 1. The third-order valence-corrected chi connectivity index (χ3v) is 8.88. The zero-order valence-corrected chi connectivity index (χ0v) is 22.5. The molecule has 7 rings (SSSR count). The van der Waals surface area contributed by atoms with Crippen LogP contribution < -0.4 is 0 Å². The lowest BCUT2D eigenvalue weighted by atomic mass is 9.59. The van der Waals surface area contributed by atoms with Crippen LogP contribution in [-0.2, 0) is 11.3 Å². The van der Waals surface area contributed by atoms with E-state index < -0.39 is 5.97 Å². The van der Waals surface area contributed by atoms with Gasteiger partial charge in [-0.25, -0.2) is 9.78 Å². The van der Waals surface area contributed by atoms with Crippen LogP contribution in [0.5, 0.6) is 0 Å². The van der Waals surface area contributed by atoms with Gasteiger partial charge < -0.3 is 14.4 Å². The molecule has 196 valence electrons. The van der Waals surface area contributed by atoms with E-state index in [2.05, 4.69) is 27.0 Å². The number of aryl methyl sites for hydroxylation is 1. The molecule has 7 nitrogen and oxygen atoms in total. The van der Waals surface area contributed by atoms with Gasteiger partial charge in [-0.3, -0.25) is 4.98 Å². The highest BCUT2D eigenvalue weighted by Gasteiger charge is 2.49. The van der Waals surface area contributed by atoms with Crippen LogP contribution in [0.2, 0.25) is 10.0 Å². The van der Waals surface area contributed by atoms with Gasteiger partial charge in [-0.15, -0.1) is 0 Å². The van der Waals surface area contributed by atoms with Crippen molar-refractivity contribution in [3.05, 3.63) is 62.8 Å². The number of rotatable bonds is 6. The summed E-state index contributed by atoms with van der Waals surface area (Å²) >= 11 is 12.9. The summed E-state index contributed by atoms with van der Waals surface area (Å²) in [4.78, 5) is 19.4. The number of carbonyl (C=O) groups is 1. The van der Waals surface area contributed by atoms with Gasteiger partial charge in [-0.05, 0) is 69.9 Å². The molecular formula is C29H27Cl2N3O4. The first-order valence-electron chi connectivity index (χ1n) is 12.9. The first-order chi connectivity index (χ1) is 18.3. The van der Waals surface area contributed by atoms with E-state index in [0.717, 1.165) is 68.3 Å². The molecule has 0 unspecified atom stereocenters. The van der Waals surface area contributed by atoms with Crippen LogP contribution in [0.15, 0.2) is 29.2 Å². The predicted molar refractivity (Wildman–Crippen MR) is 142 cm³/mol. The SMILES string of the molecule is Cc1cc(C#CC23CCC(OCc4c(-c5c(Cl)cncc5Cl)noc4C4CC4)(CC2)CC3)cnc1C(=O)O. The van der Waals surface area contributed by atoms with E-state index in [1.807, 2.05) is 0 Å². The summed E-state index contributed by atoms with van der Waals surface area (Å²) in [6.07, 6.45) is 12.6. The van der Waals surface area contributed by atoms with Crippen molar-refractivity contribution in [2.45, 2.75) is 76.4 Å². The van der Waals surface area contributed by atoms with Gasteiger partial charge in [0.05, 0.1) is 22.3 Å². The van der Waals surface area contributed by atoms with Gasteiger partial charge >= 0.3 is 5.97 Å². The quantitative estimate of drug-likeness (QED) is 0.329. The topological polar surface area (TPSA) is 98.3 Å². The van der Waals surface area contributed by atoms with E-state index in [-0.39, 0.29) is 16.7 Å². The van der Waals surface area contributed by atoms with Crippen molar-refractivity contribution in [1.82, 2.24) is 15.1 Å². The first-order valence-corrected chi connectivity index (χ1v) is 13.7. The van der Waals surface area contributed by atoms with Crippen molar-refractivity contribution in [3.8, 4) is 23.1 Å². The van der Waals surface area contributed by atoms with Gasteiger partial charge in [-0.1, -0.05) is 40.2 Å². The molecule has 4 aliphatic carbocycles. The van der Waals surface area contributed by atoms with Crippen LogP contribution in [0.1, 0.15) is 90.2 Å². The first kappa shape index (κ1) is 25.4. The largest absolute Gasteiger partial charge is 0.477 e. The zero-order chi connectivity index (χ0) is 26.5. The molecule has 9 heteroatoms. The summed E-state index contributed by atoms with van der Waals surface area (Å²) < 4.78 is 12.5. The van der Waals surface area contributed by atoms with Crippen molar-refractivity contribution in [2.75, 3.05) is 0 Å². The van der Waals surface area contributed by atoms with Gasteiger partial charge in [0.15, 0.2) is 5.69 Å². The summed E-state index contributed by atoms with van der Waals surface area (Å²) in [6.45, 7) is 2.15. The molecule has 0 aliphatic heterocycles. The molecule has 3 aromatic rings. The maximum Gasteiger partial charge on any atom is 0.354 e. The monoisotopic (exact) mass is 551 g/mol. The highest BCUT2D eigenvalue weighted by molar-refractivity contribution is 6.38. The minimum atomic E-state index is -1.02. The number of hydrogen-bond acceptors (Lipinski definition) is 6. The third kappa shape index (κ3) is 4.70. The maximum atomic E-state index is 11.2. The van der Waals surface area contributed by atoms with Crippen molar-refractivity contribution in [2.24, 2.45) is 5.41 Å². The van der Waals surface area contributed by atoms with Crippen LogP contribution in [-0.4, -0.2) is 31.8 Å². The smallest absolute Gasteiger partial charge is 0.354 e. The number of nitrogens with zero attached hydrogens (tertiary/aromatic N) is 3. The van der Waals surface area contributed by atoms with Gasteiger partial charge in [-0.2, -0.15) is 0 Å². The second kappa shape index (κ2) is 9.68. The zero-order valence-electron chi connectivity index (χ0n) is 21.0. The lowest BCUT2D eigenvalue weighted by Crippen LogP contribution is -2.47. The summed E-state index contributed by atoms with van der Waals surface area (Å²) in [5, 5.41) is 14.5. The van der Waals surface area contributed by atoms with Gasteiger partial charge in [0.1, 0.15) is 11.5 Å². The summed E-state index contributed by atoms with van der Waals surface area (Å²) in [5.74, 6) is 7.02. The highest BCUT2D eigenvalue weighted by Crippen LogP contribution is 2.54. The van der Waals surface area contributed by atoms with Crippen LogP contribution in [0.3, 0.4) is 0 Å². The summed E-state index contributed by atoms with van der Waals surface area (Å²) in [7, 11) is 0. The second-order valence-electron chi connectivity index (χ2n) is 10.8. The average Bonchev–Trinajstić information content (AvgIpc) is 3.67. The van der Waals surface area contributed by atoms with E-state index in [9.17, 15) is 9.90 Å². The fourth-order valence-corrected chi connectivity index (χ4v) is 6.36. The summed E-state index contributed by atoms with van der Waals surface area (Å²) in [5.41, 5.74) is 3.43.